The van der Waals surface area contributed by atoms with Gasteiger partial charge in [-0.25, -0.2) is 4.39 Å². The summed E-state index contributed by atoms with van der Waals surface area (Å²) in [6.45, 7) is 0.433. The van der Waals surface area contributed by atoms with Gasteiger partial charge in [-0.05, 0) is 36.6 Å². The molecule has 1 heterocycles. The standard InChI is InChI=1S/C12H13ClFNO2/c13-6-12(16)15-7-10-3-1-8-5-9(14)2-4-11(8)17-10/h2,4-5,10H,1,3,6-7H2,(H,15,16). The fourth-order valence-corrected chi connectivity index (χ4v) is 1.93. The summed E-state index contributed by atoms with van der Waals surface area (Å²) in [4.78, 5) is 11.0. The van der Waals surface area contributed by atoms with Gasteiger partial charge in [0.15, 0.2) is 0 Å². The molecule has 1 N–H and O–H groups in total. The van der Waals surface area contributed by atoms with E-state index in [0.717, 1.165) is 18.4 Å². The molecule has 1 atom stereocenters. The second-order valence-electron chi connectivity index (χ2n) is 3.97. The van der Waals surface area contributed by atoms with Gasteiger partial charge >= 0.3 is 0 Å². The van der Waals surface area contributed by atoms with E-state index in [1.807, 2.05) is 0 Å². The van der Waals surface area contributed by atoms with Gasteiger partial charge in [-0.3, -0.25) is 4.79 Å². The highest BCUT2D eigenvalue weighted by atomic mass is 35.5. The summed E-state index contributed by atoms with van der Waals surface area (Å²) in [5, 5.41) is 2.67. The average Bonchev–Trinajstić information content (AvgIpc) is 2.35. The summed E-state index contributed by atoms with van der Waals surface area (Å²) < 4.78 is 18.6. The fraction of sp³-hybridized carbons (Fsp3) is 0.417. The molecule has 0 aromatic heterocycles. The monoisotopic (exact) mass is 257 g/mol. The van der Waals surface area contributed by atoms with Gasteiger partial charge in [0.1, 0.15) is 23.6 Å². The molecule has 1 aliphatic rings. The number of benzene rings is 1. The van der Waals surface area contributed by atoms with Gasteiger partial charge in [0.05, 0.1) is 6.54 Å². The number of hydrogen-bond acceptors (Lipinski definition) is 2. The van der Waals surface area contributed by atoms with E-state index in [1.54, 1.807) is 6.07 Å². The van der Waals surface area contributed by atoms with Crippen molar-refractivity contribution >= 4 is 17.5 Å². The number of amides is 1. The maximum absolute atomic E-state index is 13.0. The predicted molar refractivity (Wildman–Crippen MR) is 62.9 cm³/mol. The van der Waals surface area contributed by atoms with E-state index < -0.39 is 0 Å². The van der Waals surface area contributed by atoms with Crippen molar-refractivity contribution in [3.05, 3.63) is 29.6 Å². The minimum atomic E-state index is -0.249. The predicted octanol–water partition coefficient (Wildman–Crippen LogP) is 1.87. The second kappa shape index (κ2) is 5.36. The highest BCUT2D eigenvalue weighted by molar-refractivity contribution is 6.27. The number of halogens is 2. The van der Waals surface area contributed by atoms with Gasteiger partial charge in [-0.2, -0.15) is 0 Å². The van der Waals surface area contributed by atoms with Gasteiger partial charge in [0, 0.05) is 0 Å². The van der Waals surface area contributed by atoms with Crippen LogP contribution in [0.2, 0.25) is 0 Å². The summed E-state index contributed by atoms with van der Waals surface area (Å²) in [6.07, 6.45) is 1.45. The lowest BCUT2D eigenvalue weighted by Gasteiger charge is -2.26. The molecule has 1 unspecified atom stereocenters. The molecule has 17 heavy (non-hydrogen) atoms. The molecule has 2 rings (SSSR count). The number of ether oxygens (including phenoxy) is 1. The van der Waals surface area contributed by atoms with Gasteiger partial charge < -0.3 is 10.1 Å². The van der Waals surface area contributed by atoms with Crippen LogP contribution in [0, 0.1) is 5.82 Å². The van der Waals surface area contributed by atoms with Crippen LogP contribution in [-0.4, -0.2) is 24.4 Å². The third-order valence-corrected chi connectivity index (χ3v) is 2.94. The van der Waals surface area contributed by atoms with Crippen LogP contribution in [0.15, 0.2) is 18.2 Å². The number of alkyl halides is 1. The molecule has 0 spiro atoms. The molecule has 1 aliphatic heterocycles. The fourth-order valence-electron chi connectivity index (χ4n) is 1.83. The van der Waals surface area contributed by atoms with E-state index >= 15 is 0 Å². The largest absolute Gasteiger partial charge is 0.488 e. The number of nitrogens with one attached hydrogen (secondary N) is 1. The van der Waals surface area contributed by atoms with E-state index in [-0.39, 0.29) is 23.7 Å². The molecule has 0 saturated heterocycles. The van der Waals surface area contributed by atoms with Gasteiger partial charge in [-0.1, -0.05) is 0 Å². The molecular weight excluding hydrogens is 245 g/mol. The van der Waals surface area contributed by atoms with Crippen molar-refractivity contribution in [2.45, 2.75) is 18.9 Å². The third-order valence-electron chi connectivity index (χ3n) is 2.70. The van der Waals surface area contributed by atoms with E-state index in [9.17, 15) is 9.18 Å². The van der Waals surface area contributed by atoms with Crippen LogP contribution in [-0.2, 0) is 11.2 Å². The minimum absolute atomic E-state index is 0.0471. The Balaban J connectivity index is 1.94. The van der Waals surface area contributed by atoms with Crippen LogP contribution < -0.4 is 10.1 Å². The third kappa shape index (κ3) is 3.09. The summed E-state index contributed by atoms with van der Waals surface area (Å²) in [7, 11) is 0. The Hall–Kier alpha value is -1.29. The van der Waals surface area contributed by atoms with Crippen LogP contribution >= 0.6 is 11.6 Å². The smallest absolute Gasteiger partial charge is 0.235 e. The van der Waals surface area contributed by atoms with Crippen molar-refractivity contribution < 1.29 is 13.9 Å². The van der Waals surface area contributed by atoms with Crippen LogP contribution in [0.1, 0.15) is 12.0 Å². The summed E-state index contributed by atoms with van der Waals surface area (Å²) in [5.41, 5.74) is 0.880. The van der Waals surface area contributed by atoms with E-state index in [0.29, 0.717) is 12.3 Å². The SMILES string of the molecule is O=C(CCl)NCC1CCc2cc(F)ccc2O1. The highest BCUT2D eigenvalue weighted by Crippen LogP contribution is 2.27. The van der Waals surface area contributed by atoms with E-state index in [2.05, 4.69) is 5.32 Å². The molecule has 5 heteroatoms. The maximum Gasteiger partial charge on any atom is 0.235 e. The summed E-state index contributed by atoms with van der Waals surface area (Å²) >= 11 is 5.37. The topological polar surface area (TPSA) is 38.3 Å². The zero-order valence-corrected chi connectivity index (χ0v) is 9.97. The Morgan fingerprint density at radius 1 is 1.59 bits per heavy atom. The quantitative estimate of drug-likeness (QED) is 0.840. The van der Waals surface area contributed by atoms with Crippen molar-refractivity contribution in [3.63, 3.8) is 0 Å². The molecule has 0 fully saturated rings. The van der Waals surface area contributed by atoms with Gasteiger partial charge in [-0.15, -0.1) is 11.6 Å². The zero-order chi connectivity index (χ0) is 12.3. The number of fused-ring (bicyclic) bond motifs is 1. The van der Waals surface area contributed by atoms with Crippen LogP contribution in [0.25, 0.3) is 0 Å². The van der Waals surface area contributed by atoms with Gasteiger partial charge in [0.25, 0.3) is 0 Å². The van der Waals surface area contributed by atoms with Crippen LogP contribution in [0.5, 0.6) is 5.75 Å². The molecule has 0 aliphatic carbocycles. The average molecular weight is 258 g/mol. The minimum Gasteiger partial charge on any atom is -0.488 e. The van der Waals surface area contributed by atoms with Crippen LogP contribution in [0.3, 0.4) is 0 Å². The van der Waals surface area contributed by atoms with Gasteiger partial charge in [0.2, 0.25) is 5.91 Å². The first-order chi connectivity index (χ1) is 8.19. The number of aryl methyl sites for hydroxylation is 1. The van der Waals surface area contributed by atoms with Crippen LogP contribution in [0.4, 0.5) is 4.39 Å². The molecule has 0 radical (unpaired) electrons. The lowest BCUT2D eigenvalue weighted by Crippen LogP contribution is -2.37. The second-order valence-corrected chi connectivity index (χ2v) is 4.24. The Morgan fingerprint density at radius 3 is 3.18 bits per heavy atom. The van der Waals surface area contributed by atoms with Crippen molar-refractivity contribution in [2.75, 3.05) is 12.4 Å². The van der Waals surface area contributed by atoms with Crippen molar-refractivity contribution in [2.24, 2.45) is 0 Å². The first-order valence-corrected chi connectivity index (χ1v) is 6.00. The summed E-state index contributed by atoms with van der Waals surface area (Å²) in [6, 6.07) is 4.49. The molecule has 1 aromatic rings. The van der Waals surface area contributed by atoms with E-state index in [1.165, 1.54) is 12.1 Å². The Bertz CT molecular complexity index is 425. The normalized spacial score (nSPS) is 18.1. The number of carbonyl (C=O) groups is 1. The lowest BCUT2D eigenvalue weighted by atomic mass is 10.0. The Kier molecular flexibility index (Phi) is 3.84. The lowest BCUT2D eigenvalue weighted by molar-refractivity contribution is -0.119. The first kappa shape index (κ1) is 12.2. The zero-order valence-electron chi connectivity index (χ0n) is 9.21. The number of rotatable bonds is 3. The first-order valence-electron chi connectivity index (χ1n) is 5.47. The van der Waals surface area contributed by atoms with Crippen molar-refractivity contribution in [3.8, 4) is 5.75 Å². The number of hydrogen-bond donors (Lipinski definition) is 1. The summed E-state index contributed by atoms with van der Waals surface area (Å²) in [5.74, 6) is 0.193. The Labute approximate surface area is 104 Å². The van der Waals surface area contributed by atoms with Crippen molar-refractivity contribution in [1.29, 1.82) is 0 Å². The highest BCUT2D eigenvalue weighted by Gasteiger charge is 2.20. The molecule has 0 saturated carbocycles. The molecule has 0 bridgehead atoms. The molecule has 92 valence electrons. The molecule has 1 aromatic carbocycles. The van der Waals surface area contributed by atoms with Crippen molar-refractivity contribution in [1.82, 2.24) is 5.32 Å². The molecule has 1 amide bonds. The molecule has 3 nitrogen and oxygen atoms in total. The Morgan fingerprint density at radius 2 is 2.41 bits per heavy atom. The number of carbonyl (C=O) groups excluding carboxylic acids is 1. The molecular formula is C12H13ClFNO2. The maximum atomic E-state index is 13.0. The van der Waals surface area contributed by atoms with E-state index in [4.69, 9.17) is 16.3 Å².